The van der Waals surface area contributed by atoms with Crippen LogP contribution in [0.5, 0.6) is 0 Å². The zero-order valence-corrected chi connectivity index (χ0v) is 8.13. The Morgan fingerprint density at radius 1 is 1.43 bits per heavy atom. The fraction of sp³-hybridized carbons (Fsp3) is 0.300. The molecule has 1 aromatic rings. The number of nitriles is 1. The Balaban J connectivity index is 2.13. The van der Waals surface area contributed by atoms with Gasteiger partial charge in [0, 0.05) is 16.9 Å². The highest BCUT2D eigenvalue weighted by atomic mass is 32.1. The molecule has 3 nitrogen and oxygen atoms in total. The minimum atomic E-state index is -0.238. The second-order valence-corrected chi connectivity index (χ2v) is 3.62. The van der Waals surface area contributed by atoms with E-state index in [1.807, 2.05) is 11.4 Å². The highest BCUT2D eigenvalue weighted by Gasteiger charge is 2.19. The van der Waals surface area contributed by atoms with Gasteiger partial charge < -0.3 is 9.47 Å². The summed E-state index contributed by atoms with van der Waals surface area (Å²) in [6, 6.07) is 3.67. The van der Waals surface area contributed by atoms with E-state index < -0.39 is 0 Å². The van der Waals surface area contributed by atoms with Crippen LogP contribution in [-0.4, -0.2) is 13.2 Å². The molecule has 0 N–H and O–H groups in total. The maximum absolute atomic E-state index is 8.28. The number of rotatable bonds is 1. The van der Waals surface area contributed by atoms with Crippen LogP contribution in [0.2, 0.25) is 0 Å². The van der Waals surface area contributed by atoms with Crippen molar-refractivity contribution in [1.29, 1.82) is 5.26 Å². The van der Waals surface area contributed by atoms with Gasteiger partial charge >= 0.3 is 0 Å². The van der Waals surface area contributed by atoms with E-state index in [-0.39, 0.29) is 6.29 Å². The fourth-order valence-corrected chi connectivity index (χ4v) is 2.00. The van der Waals surface area contributed by atoms with Gasteiger partial charge in [0.1, 0.15) is 0 Å². The molecule has 0 amide bonds. The Hall–Kier alpha value is -1.33. The van der Waals surface area contributed by atoms with E-state index in [0.717, 1.165) is 10.4 Å². The second kappa shape index (κ2) is 4.26. The summed E-state index contributed by atoms with van der Waals surface area (Å²) in [5.74, 6) is 5.08. The van der Waals surface area contributed by atoms with Crippen LogP contribution in [0.1, 0.15) is 16.7 Å². The molecule has 1 aliphatic heterocycles. The molecule has 0 aromatic carbocycles. The third-order valence-corrected chi connectivity index (χ3v) is 2.69. The smallest absolute Gasteiger partial charge is 0.193 e. The van der Waals surface area contributed by atoms with E-state index in [1.54, 1.807) is 6.07 Å². The summed E-state index contributed by atoms with van der Waals surface area (Å²) >= 11 is 1.54. The lowest BCUT2D eigenvalue weighted by Crippen LogP contribution is -1.93. The van der Waals surface area contributed by atoms with E-state index in [9.17, 15) is 0 Å². The summed E-state index contributed by atoms with van der Waals surface area (Å²) in [6.07, 6.45) is -0.238. The van der Waals surface area contributed by atoms with Crippen LogP contribution in [0, 0.1) is 23.2 Å². The lowest BCUT2D eigenvalue weighted by atomic mass is 10.3. The Morgan fingerprint density at radius 3 is 2.93 bits per heavy atom. The molecule has 2 heterocycles. The first-order valence-electron chi connectivity index (χ1n) is 4.12. The van der Waals surface area contributed by atoms with Crippen LogP contribution in [0.4, 0.5) is 0 Å². The third kappa shape index (κ3) is 1.94. The van der Waals surface area contributed by atoms with Crippen molar-refractivity contribution in [1.82, 2.24) is 0 Å². The van der Waals surface area contributed by atoms with Gasteiger partial charge in [0.25, 0.3) is 0 Å². The first-order chi connectivity index (χ1) is 6.90. The Bertz CT molecular complexity index is 415. The number of ether oxygens (including phenoxy) is 2. The lowest BCUT2D eigenvalue weighted by molar-refractivity contribution is -0.0413. The normalized spacial score (nSPS) is 15.9. The molecule has 0 spiro atoms. The summed E-state index contributed by atoms with van der Waals surface area (Å²) in [4.78, 5) is 1.00. The molecular formula is C10H7NO2S. The minimum Gasteiger partial charge on any atom is -0.345 e. The molecule has 2 rings (SSSR count). The first kappa shape index (κ1) is 9.23. The summed E-state index contributed by atoms with van der Waals surface area (Å²) in [6.45, 7) is 1.28. The maximum Gasteiger partial charge on any atom is 0.193 e. The van der Waals surface area contributed by atoms with Crippen molar-refractivity contribution in [3.8, 4) is 17.9 Å². The fourth-order valence-electron chi connectivity index (χ4n) is 1.16. The van der Waals surface area contributed by atoms with Crippen molar-refractivity contribution in [2.75, 3.05) is 13.2 Å². The molecule has 1 fully saturated rings. The first-order valence-corrected chi connectivity index (χ1v) is 5.00. The SMILES string of the molecule is N#CC#Cc1csc(C2OCCO2)c1. The van der Waals surface area contributed by atoms with E-state index in [4.69, 9.17) is 14.7 Å². The topological polar surface area (TPSA) is 42.2 Å². The molecule has 1 saturated heterocycles. The predicted molar refractivity (Wildman–Crippen MR) is 51.5 cm³/mol. The molecule has 1 aromatic heterocycles. The van der Waals surface area contributed by atoms with Gasteiger partial charge in [0.2, 0.25) is 0 Å². The quantitative estimate of drug-likeness (QED) is 0.655. The van der Waals surface area contributed by atoms with Crippen LogP contribution in [0.25, 0.3) is 0 Å². The van der Waals surface area contributed by atoms with Gasteiger partial charge in [-0.2, -0.15) is 5.26 Å². The van der Waals surface area contributed by atoms with Gasteiger partial charge in [-0.05, 0) is 12.0 Å². The molecule has 0 saturated carbocycles. The number of hydrogen-bond donors (Lipinski definition) is 0. The Morgan fingerprint density at radius 2 is 2.21 bits per heavy atom. The van der Waals surface area contributed by atoms with Crippen molar-refractivity contribution in [3.63, 3.8) is 0 Å². The van der Waals surface area contributed by atoms with Crippen LogP contribution in [0.3, 0.4) is 0 Å². The summed E-state index contributed by atoms with van der Waals surface area (Å²) in [7, 11) is 0. The summed E-state index contributed by atoms with van der Waals surface area (Å²) in [5, 5.41) is 10.2. The van der Waals surface area contributed by atoms with Gasteiger partial charge in [0.15, 0.2) is 12.4 Å². The standard InChI is InChI=1S/C10H7NO2S/c11-3-1-2-8-6-9(14-7-8)10-12-4-5-13-10/h6-7,10H,4-5H2. The molecule has 0 bridgehead atoms. The van der Waals surface area contributed by atoms with E-state index in [1.165, 1.54) is 11.3 Å². The van der Waals surface area contributed by atoms with Crippen LogP contribution >= 0.6 is 11.3 Å². The largest absolute Gasteiger partial charge is 0.345 e. The number of nitrogens with zero attached hydrogens (tertiary/aromatic N) is 1. The molecular weight excluding hydrogens is 198 g/mol. The van der Waals surface area contributed by atoms with Gasteiger partial charge in [-0.1, -0.05) is 0 Å². The molecule has 0 aliphatic carbocycles. The highest BCUT2D eigenvalue weighted by Crippen LogP contribution is 2.28. The van der Waals surface area contributed by atoms with E-state index in [2.05, 4.69) is 11.8 Å². The molecule has 4 heteroatoms. The average Bonchev–Trinajstić information content (AvgIpc) is 2.85. The molecule has 70 valence electrons. The lowest BCUT2D eigenvalue weighted by Gasteiger charge is -2.03. The van der Waals surface area contributed by atoms with Gasteiger partial charge in [-0.15, -0.1) is 11.3 Å². The number of hydrogen-bond acceptors (Lipinski definition) is 4. The zero-order chi connectivity index (χ0) is 9.80. The average molecular weight is 205 g/mol. The molecule has 0 unspecified atom stereocenters. The van der Waals surface area contributed by atoms with Gasteiger partial charge in [-0.25, -0.2) is 0 Å². The monoisotopic (exact) mass is 205 g/mol. The van der Waals surface area contributed by atoms with Crippen molar-refractivity contribution in [2.45, 2.75) is 6.29 Å². The number of thiophene rings is 1. The second-order valence-electron chi connectivity index (χ2n) is 2.67. The van der Waals surface area contributed by atoms with Gasteiger partial charge in [0.05, 0.1) is 18.1 Å². The van der Waals surface area contributed by atoms with Gasteiger partial charge in [-0.3, -0.25) is 0 Å². The van der Waals surface area contributed by atoms with Crippen LogP contribution in [0.15, 0.2) is 11.4 Å². The zero-order valence-electron chi connectivity index (χ0n) is 7.32. The Kier molecular flexibility index (Phi) is 2.81. The van der Waals surface area contributed by atoms with E-state index >= 15 is 0 Å². The molecule has 0 atom stereocenters. The molecule has 14 heavy (non-hydrogen) atoms. The summed E-state index contributed by atoms with van der Waals surface area (Å²) < 4.78 is 10.7. The van der Waals surface area contributed by atoms with Crippen LogP contribution < -0.4 is 0 Å². The van der Waals surface area contributed by atoms with Crippen molar-refractivity contribution < 1.29 is 9.47 Å². The molecule has 1 aliphatic rings. The maximum atomic E-state index is 8.28. The van der Waals surface area contributed by atoms with Crippen molar-refractivity contribution in [2.24, 2.45) is 0 Å². The Labute approximate surface area is 85.9 Å². The minimum absolute atomic E-state index is 0.238. The summed E-state index contributed by atoms with van der Waals surface area (Å²) in [5.41, 5.74) is 0.839. The van der Waals surface area contributed by atoms with Crippen molar-refractivity contribution in [3.05, 3.63) is 21.9 Å². The van der Waals surface area contributed by atoms with Crippen LogP contribution in [-0.2, 0) is 9.47 Å². The van der Waals surface area contributed by atoms with Crippen molar-refractivity contribution >= 4 is 11.3 Å². The predicted octanol–water partition coefficient (Wildman–Crippen LogP) is 1.67. The van der Waals surface area contributed by atoms with E-state index in [0.29, 0.717) is 13.2 Å². The third-order valence-electron chi connectivity index (χ3n) is 1.74. The molecule has 0 radical (unpaired) electrons. The highest BCUT2D eigenvalue weighted by molar-refractivity contribution is 7.10.